The molecule has 1 aromatic carbocycles. The maximum absolute atomic E-state index is 6.15. The molecule has 0 heterocycles. The van der Waals surface area contributed by atoms with Crippen molar-refractivity contribution in [3.8, 4) is 0 Å². The summed E-state index contributed by atoms with van der Waals surface area (Å²) >= 11 is 0. The lowest BCUT2D eigenvalue weighted by atomic mass is 9.82. The Bertz CT molecular complexity index is 483. The first-order chi connectivity index (χ1) is 12.4. The molecule has 0 atom stereocenters. The van der Waals surface area contributed by atoms with Crippen LogP contribution >= 0.6 is 0 Å². The number of hydrogen-bond donors (Lipinski definition) is 0. The summed E-state index contributed by atoms with van der Waals surface area (Å²) in [6.45, 7) is 11.3. The SMILES string of the molecule is Cc1ccc(C2CCC(OCCC[Si](OC(C)C)OC(C)C)CC2)cc1. The molecule has 3 nitrogen and oxygen atoms in total. The predicted octanol–water partition coefficient (Wildman–Crippen LogP) is 5.77. The third-order valence-corrected chi connectivity index (χ3v) is 7.07. The Labute approximate surface area is 162 Å². The van der Waals surface area contributed by atoms with E-state index >= 15 is 0 Å². The first-order valence-electron chi connectivity index (χ1n) is 10.3. The Hall–Kier alpha value is -0.683. The number of hydrogen-bond acceptors (Lipinski definition) is 3. The van der Waals surface area contributed by atoms with Crippen molar-refractivity contribution in [1.29, 1.82) is 0 Å². The standard InChI is InChI=1S/C22H37O3Si/c1-17(2)24-26(25-18(3)4)16-6-15-23-22-13-11-21(12-14-22)20-9-7-19(5)8-10-20/h7-10,17-18,21-22H,6,11-16H2,1-5H3. The molecule has 0 saturated heterocycles. The molecule has 2 rings (SSSR count). The highest BCUT2D eigenvalue weighted by atomic mass is 28.3. The van der Waals surface area contributed by atoms with Crippen molar-refractivity contribution < 1.29 is 13.6 Å². The molecule has 0 spiro atoms. The van der Waals surface area contributed by atoms with Crippen LogP contribution < -0.4 is 0 Å². The van der Waals surface area contributed by atoms with Crippen molar-refractivity contribution in [2.45, 2.75) is 97.0 Å². The van der Waals surface area contributed by atoms with Gasteiger partial charge in [0.2, 0.25) is 0 Å². The van der Waals surface area contributed by atoms with E-state index in [-0.39, 0.29) is 12.2 Å². The van der Waals surface area contributed by atoms with Crippen molar-refractivity contribution in [3.05, 3.63) is 35.4 Å². The molecule has 0 aliphatic heterocycles. The third-order valence-electron chi connectivity index (χ3n) is 4.84. The summed E-state index contributed by atoms with van der Waals surface area (Å²) in [5, 5.41) is 0. The average molecular weight is 378 g/mol. The summed E-state index contributed by atoms with van der Waals surface area (Å²) in [5.74, 6) is 0.712. The Kier molecular flexibility index (Phi) is 9.33. The van der Waals surface area contributed by atoms with Gasteiger partial charge in [0.05, 0.1) is 6.10 Å². The van der Waals surface area contributed by atoms with Gasteiger partial charge >= 0.3 is 9.28 Å². The van der Waals surface area contributed by atoms with Crippen LogP contribution in [0.1, 0.15) is 76.8 Å². The maximum atomic E-state index is 6.15. The van der Waals surface area contributed by atoms with Crippen molar-refractivity contribution in [3.63, 3.8) is 0 Å². The second-order valence-corrected chi connectivity index (χ2v) is 9.78. The van der Waals surface area contributed by atoms with Crippen LogP contribution in [0, 0.1) is 6.92 Å². The number of rotatable bonds is 10. The highest BCUT2D eigenvalue weighted by Gasteiger charge is 2.23. The van der Waals surface area contributed by atoms with Crippen LogP contribution in [0.3, 0.4) is 0 Å². The fourth-order valence-electron chi connectivity index (χ4n) is 3.54. The highest BCUT2D eigenvalue weighted by molar-refractivity contribution is 6.44. The minimum atomic E-state index is -1.17. The normalized spacial score (nSPS) is 21.1. The minimum absolute atomic E-state index is 0.237. The first-order valence-corrected chi connectivity index (χ1v) is 11.8. The molecule has 4 heteroatoms. The zero-order valence-corrected chi connectivity index (χ0v) is 18.3. The molecule has 26 heavy (non-hydrogen) atoms. The maximum Gasteiger partial charge on any atom is 0.385 e. The third kappa shape index (κ3) is 7.91. The van der Waals surface area contributed by atoms with E-state index in [1.807, 2.05) is 0 Å². The Morgan fingerprint density at radius 1 is 0.923 bits per heavy atom. The zero-order chi connectivity index (χ0) is 18.9. The molecule has 0 bridgehead atoms. The first kappa shape index (κ1) is 21.6. The fourth-order valence-corrected chi connectivity index (χ4v) is 5.32. The van der Waals surface area contributed by atoms with E-state index in [9.17, 15) is 0 Å². The molecule has 1 aromatic rings. The van der Waals surface area contributed by atoms with Gasteiger partial charge in [-0.2, -0.15) is 0 Å². The lowest BCUT2D eigenvalue weighted by Crippen LogP contribution is -2.30. The van der Waals surface area contributed by atoms with Crippen LogP contribution in [0.15, 0.2) is 24.3 Å². The summed E-state index contributed by atoms with van der Waals surface area (Å²) in [6, 6.07) is 10.1. The van der Waals surface area contributed by atoms with Gasteiger partial charge < -0.3 is 13.6 Å². The second-order valence-electron chi connectivity index (χ2n) is 8.06. The van der Waals surface area contributed by atoms with Crippen LogP contribution in [0.2, 0.25) is 6.04 Å². The van der Waals surface area contributed by atoms with E-state index in [0.29, 0.717) is 12.0 Å². The van der Waals surface area contributed by atoms with Gasteiger partial charge in [0.15, 0.2) is 0 Å². The van der Waals surface area contributed by atoms with Crippen molar-refractivity contribution >= 4 is 9.28 Å². The van der Waals surface area contributed by atoms with Gasteiger partial charge in [-0.3, -0.25) is 0 Å². The summed E-state index contributed by atoms with van der Waals surface area (Å²) < 4.78 is 18.0. The Morgan fingerprint density at radius 2 is 1.50 bits per heavy atom. The van der Waals surface area contributed by atoms with Gasteiger partial charge in [0.25, 0.3) is 0 Å². The van der Waals surface area contributed by atoms with E-state index < -0.39 is 9.28 Å². The van der Waals surface area contributed by atoms with Crippen LogP contribution in [0.5, 0.6) is 0 Å². The Morgan fingerprint density at radius 3 is 2.04 bits per heavy atom. The molecule has 1 radical (unpaired) electrons. The molecule has 1 saturated carbocycles. The molecule has 147 valence electrons. The molecule has 1 aliphatic carbocycles. The molecule has 0 amide bonds. The van der Waals surface area contributed by atoms with Gasteiger partial charge in [0.1, 0.15) is 0 Å². The summed E-state index contributed by atoms with van der Waals surface area (Å²) in [7, 11) is -1.17. The van der Waals surface area contributed by atoms with Crippen molar-refractivity contribution in [1.82, 2.24) is 0 Å². The second kappa shape index (κ2) is 11.2. The van der Waals surface area contributed by atoms with E-state index in [1.54, 1.807) is 0 Å². The van der Waals surface area contributed by atoms with Crippen molar-refractivity contribution in [2.75, 3.05) is 6.61 Å². The van der Waals surface area contributed by atoms with Crippen LogP contribution in [0.25, 0.3) is 0 Å². The molecule has 0 aromatic heterocycles. The molecule has 1 aliphatic rings. The fraction of sp³-hybridized carbons (Fsp3) is 0.727. The Balaban J connectivity index is 1.64. The lowest BCUT2D eigenvalue weighted by molar-refractivity contribution is 0.0237. The van der Waals surface area contributed by atoms with Gasteiger partial charge in [-0.05, 0) is 84.2 Å². The zero-order valence-electron chi connectivity index (χ0n) is 17.3. The summed E-state index contributed by atoms with van der Waals surface area (Å²) in [6.07, 6.45) is 6.80. The monoisotopic (exact) mass is 377 g/mol. The molecular weight excluding hydrogens is 340 g/mol. The van der Waals surface area contributed by atoms with Crippen LogP contribution in [0.4, 0.5) is 0 Å². The largest absolute Gasteiger partial charge is 0.391 e. The predicted molar refractivity (Wildman–Crippen MR) is 110 cm³/mol. The van der Waals surface area contributed by atoms with Gasteiger partial charge in [-0.15, -0.1) is 0 Å². The van der Waals surface area contributed by atoms with Gasteiger partial charge in [0, 0.05) is 18.8 Å². The van der Waals surface area contributed by atoms with Crippen LogP contribution in [-0.4, -0.2) is 34.2 Å². The van der Waals surface area contributed by atoms with Gasteiger partial charge in [-0.25, -0.2) is 0 Å². The summed E-state index contributed by atoms with van der Waals surface area (Å²) in [5.41, 5.74) is 2.84. The number of aryl methyl sites for hydroxylation is 1. The minimum Gasteiger partial charge on any atom is -0.391 e. The van der Waals surface area contributed by atoms with Gasteiger partial charge in [-0.1, -0.05) is 29.8 Å². The number of ether oxygens (including phenoxy) is 1. The van der Waals surface area contributed by atoms with Crippen molar-refractivity contribution in [2.24, 2.45) is 0 Å². The van der Waals surface area contributed by atoms with E-state index in [1.165, 1.54) is 36.8 Å². The van der Waals surface area contributed by atoms with E-state index in [0.717, 1.165) is 19.1 Å². The van der Waals surface area contributed by atoms with Crippen LogP contribution in [-0.2, 0) is 13.6 Å². The molecule has 1 fully saturated rings. The summed E-state index contributed by atoms with van der Waals surface area (Å²) in [4.78, 5) is 0. The number of benzene rings is 1. The molecule has 0 unspecified atom stereocenters. The van der Waals surface area contributed by atoms with E-state index in [4.69, 9.17) is 13.6 Å². The molecule has 0 N–H and O–H groups in total. The average Bonchev–Trinajstić information content (AvgIpc) is 2.59. The quantitative estimate of drug-likeness (QED) is 0.383. The highest BCUT2D eigenvalue weighted by Crippen LogP contribution is 2.34. The molecular formula is C22H37O3Si. The van der Waals surface area contributed by atoms with E-state index in [2.05, 4.69) is 58.9 Å². The lowest BCUT2D eigenvalue weighted by Gasteiger charge is -2.29. The smallest absolute Gasteiger partial charge is 0.385 e. The topological polar surface area (TPSA) is 27.7 Å².